The van der Waals surface area contributed by atoms with E-state index in [4.69, 9.17) is 0 Å². The van der Waals surface area contributed by atoms with Gasteiger partial charge < -0.3 is 4.98 Å². The Labute approximate surface area is 398 Å². The van der Waals surface area contributed by atoms with Crippen molar-refractivity contribution in [1.29, 1.82) is 0 Å². The Morgan fingerprint density at radius 1 is 0.382 bits per heavy atom. The van der Waals surface area contributed by atoms with E-state index in [0.717, 1.165) is 19.3 Å². The van der Waals surface area contributed by atoms with Crippen molar-refractivity contribution >= 4 is 43.4 Å². The van der Waals surface area contributed by atoms with Gasteiger partial charge in [-0.05, 0) is 126 Å². The van der Waals surface area contributed by atoms with Crippen molar-refractivity contribution < 1.29 is 0 Å². The Balaban J connectivity index is 0.845. The van der Waals surface area contributed by atoms with E-state index in [-0.39, 0.29) is 0 Å². The number of aromatic nitrogens is 1. The summed E-state index contributed by atoms with van der Waals surface area (Å²) < 4.78 is 0. The molecule has 0 saturated carbocycles. The molecule has 12 aromatic rings. The highest BCUT2D eigenvalue weighted by Crippen LogP contribution is 2.56. The maximum absolute atomic E-state index is 3.76. The molecule has 1 heterocycles. The average molecular weight is 868 g/mol. The van der Waals surface area contributed by atoms with Gasteiger partial charge in [0, 0.05) is 21.7 Å². The molecule has 11 aromatic carbocycles. The minimum absolute atomic E-state index is 0.327. The predicted octanol–water partition coefficient (Wildman–Crippen LogP) is 17.3. The average Bonchev–Trinajstić information content (AvgIpc) is 3.95. The van der Waals surface area contributed by atoms with E-state index in [9.17, 15) is 0 Å². The van der Waals surface area contributed by atoms with Crippen molar-refractivity contribution in [2.75, 3.05) is 0 Å². The van der Waals surface area contributed by atoms with Gasteiger partial charge >= 0.3 is 0 Å². The maximum atomic E-state index is 3.76. The lowest BCUT2D eigenvalue weighted by molar-refractivity contribution is 0.620. The van der Waals surface area contributed by atoms with Crippen molar-refractivity contribution in [2.45, 2.75) is 30.6 Å². The van der Waals surface area contributed by atoms with Crippen LogP contribution in [0, 0.1) is 0 Å². The lowest BCUT2D eigenvalue weighted by Crippen LogP contribution is -2.28. The van der Waals surface area contributed by atoms with Crippen LogP contribution in [0.25, 0.3) is 76.7 Å². The molecule has 0 bridgehead atoms. The number of hydrogen-bond acceptors (Lipinski definition) is 0. The number of para-hydroxylation sites is 1. The highest BCUT2D eigenvalue weighted by molar-refractivity contribution is 6.24. The second-order valence-electron chi connectivity index (χ2n) is 18.8. The molecular formula is C67H49N. The van der Waals surface area contributed by atoms with Crippen LogP contribution in [-0.2, 0) is 18.3 Å². The summed E-state index contributed by atoms with van der Waals surface area (Å²) in [5.74, 6) is 0.327. The Bertz CT molecular complexity index is 3760. The van der Waals surface area contributed by atoms with Gasteiger partial charge in [-0.25, -0.2) is 0 Å². The van der Waals surface area contributed by atoms with Gasteiger partial charge in [0.05, 0.1) is 10.9 Å². The van der Waals surface area contributed by atoms with Gasteiger partial charge in [0.25, 0.3) is 0 Å². The van der Waals surface area contributed by atoms with Gasteiger partial charge in [0.2, 0.25) is 0 Å². The molecule has 13 rings (SSSR count). The smallest absolute Gasteiger partial charge is 0.0713 e. The highest BCUT2D eigenvalue weighted by atomic mass is 14.7. The zero-order valence-electron chi connectivity index (χ0n) is 37.9. The van der Waals surface area contributed by atoms with E-state index in [1.807, 2.05) is 0 Å². The van der Waals surface area contributed by atoms with Gasteiger partial charge in [0.15, 0.2) is 0 Å². The number of fused-ring (bicyclic) bond motifs is 10. The molecule has 68 heavy (non-hydrogen) atoms. The third kappa shape index (κ3) is 6.69. The number of benzene rings is 11. The van der Waals surface area contributed by atoms with Crippen LogP contribution >= 0.6 is 0 Å². The molecule has 0 fully saturated rings. The molecule has 1 aliphatic carbocycles. The van der Waals surface area contributed by atoms with Gasteiger partial charge in [-0.15, -0.1) is 0 Å². The van der Waals surface area contributed by atoms with Crippen molar-refractivity contribution in [3.05, 3.63) is 288 Å². The van der Waals surface area contributed by atoms with E-state index in [1.54, 1.807) is 0 Å². The quantitative estimate of drug-likeness (QED) is 0.132. The molecular weight excluding hydrogens is 819 g/mol. The fraction of sp³-hybridized carbons (Fsp3) is 0.0746. The number of aryl methyl sites for hydroxylation is 1. The SMILES string of the molecule is c1ccc(-c2ccc(CC(CCc3cccc(C4(c5ccccc5)c5ccccc5-c5ccccc54)c3)c3ccc(-c4ccc5c(ccc6ccc7c8ccccc8[nH]c7c65)c4)cc3)cc2)cc1. The third-order valence-corrected chi connectivity index (χ3v) is 15.0. The Kier molecular flexibility index (Phi) is 9.75. The molecule has 1 aliphatic rings. The maximum Gasteiger partial charge on any atom is 0.0713 e. The standard InChI is InChI=1S/C67H49N/c1-3-15-47(16-4-1)48-29-26-46(27-30-48)42-52(31-28-45-14-13-19-56(43-45)67(55-17-5-2-6-18-55)62-23-10-7-20-58(62)59-21-8-11-24-63(59)67)49-32-34-50(35-33-49)53-39-40-57-54(44-53)37-36-51-38-41-61-60-22-9-12-25-64(60)68-66(61)65(51)57/h1-27,29-30,32-41,43-44,52,68H,28,31,42H2. The van der Waals surface area contributed by atoms with Crippen molar-refractivity contribution in [3.8, 4) is 33.4 Å². The Hall–Kier alpha value is -8.26. The monoisotopic (exact) mass is 867 g/mol. The number of aromatic amines is 1. The molecule has 0 aliphatic heterocycles. The topological polar surface area (TPSA) is 15.8 Å². The first-order valence-corrected chi connectivity index (χ1v) is 24.1. The summed E-state index contributed by atoms with van der Waals surface area (Å²) in [5.41, 5.74) is 19.1. The number of rotatable bonds is 10. The molecule has 322 valence electrons. The third-order valence-electron chi connectivity index (χ3n) is 15.0. The van der Waals surface area contributed by atoms with E-state index in [1.165, 1.54) is 116 Å². The Morgan fingerprint density at radius 2 is 0.971 bits per heavy atom. The van der Waals surface area contributed by atoms with Crippen LogP contribution in [0.15, 0.2) is 249 Å². The van der Waals surface area contributed by atoms with Gasteiger partial charge in [-0.1, -0.05) is 237 Å². The minimum Gasteiger partial charge on any atom is -0.354 e. The summed E-state index contributed by atoms with van der Waals surface area (Å²) in [6.45, 7) is 0. The minimum atomic E-state index is -0.404. The zero-order valence-corrected chi connectivity index (χ0v) is 37.9. The summed E-state index contributed by atoms with van der Waals surface area (Å²) in [5, 5.41) is 7.62. The molecule has 0 amide bonds. The number of nitrogens with one attached hydrogen (secondary N) is 1. The van der Waals surface area contributed by atoms with E-state index in [2.05, 4.69) is 254 Å². The fourth-order valence-corrected chi connectivity index (χ4v) is 11.7. The van der Waals surface area contributed by atoms with Crippen LogP contribution in [-0.4, -0.2) is 4.98 Å². The van der Waals surface area contributed by atoms with E-state index in [0.29, 0.717) is 5.92 Å². The van der Waals surface area contributed by atoms with Crippen LogP contribution in [0.5, 0.6) is 0 Å². The molecule has 0 saturated heterocycles. The first kappa shape index (κ1) is 40.1. The first-order chi connectivity index (χ1) is 33.7. The van der Waals surface area contributed by atoms with Crippen LogP contribution in [0.3, 0.4) is 0 Å². The van der Waals surface area contributed by atoms with Crippen molar-refractivity contribution in [1.82, 2.24) is 4.98 Å². The molecule has 1 aromatic heterocycles. The molecule has 0 spiro atoms. The first-order valence-electron chi connectivity index (χ1n) is 24.1. The van der Waals surface area contributed by atoms with Crippen LogP contribution in [0.4, 0.5) is 0 Å². The van der Waals surface area contributed by atoms with Gasteiger partial charge in [-0.2, -0.15) is 0 Å². The van der Waals surface area contributed by atoms with E-state index < -0.39 is 5.41 Å². The molecule has 1 heteroatoms. The molecule has 1 nitrogen and oxygen atoms in total. The van der Waals surface area contributed by atoms with Crippen molar-refractivity contribution in [2.24, 2.45) is 0 Å². The molecule has 1 atom stereocenters. The molecule has 1 N–H and O–H groups in total. The number of H-pyrrole nitrogens is 1. The largest absolute Gasteiger partial charge is 0.354 e. The van der Waals surface area contributed by atoms with Crippen LogP contribution < -0.4 is 0 Å². The lowest BCUT2D eigenvalue weighted by atomic mass is 9.67. The molecule has 0 radical (unpaired) electrons. The highest BCUT2D eigenvalue weighted by Gasteiger charge is 2.45. The Morgan fingerprint density at radius 3 is 1.75 bits per heavy atom. The second-order valence-corrected chi connectivity index (χ2v) is 18.8. The van der Waals surface area contributed by atoms with E-state index >= 15 is 0 Å². The van der Waals surface area contributed by atoms with Gasteiger partial charge in [0.1, 0.15) is 0 Å². The normalized spacial score (nSPS) is 13.2. The van der Waals surface area contributed by atoms with Crippen LogP contribution in [0.1, 0.15) is 51.3 Å². The van der Waals surface area contributed by atoms with Crippen molar-refractivity contribution in [3.63, 3.8) is 0 Å². The van der Waals surface area contributed by atoms with Gasteiger partial charge in [-0.3, -0.25) is 0 Å². The summed E-state index contributed by atoms with van der Waals surface area (Å²) in [6.07, 6.45) is 2.97. The summed E-state index contributed by atoms with van der Waals surface area (Å²) in [4.78, 5) is 3.76. The summed E-state index contributed by atoms with van der Waals surface area (Å²) in [7, 11) is 0. The zero-order chi connectivity index (χ0) is 45.0. The predicted molar refractivity (Wildman–Crippen MR) is 287 cm³/mol. The number of hydrogen-bond donors (Lipinski definition) is 1. The lowest BCUT2D eigenvalue weighted by Gasteiger charge is -2.34. The summed E-state index contributed by atoms with van der Waals surface area (Å²) in [6, 6.07) is 92.9. The second kappa shape index (κ2) is 16.6. The van der Waals surface area contributed by atoms with Crippen LogP contribution in [0.2, 0.25) is 0 Å². The molecule has 1 unspecified atom stereocenters. The summed E-state index contributed by atoms with van der Waals surface area (Å²) >= 11 is 0. The fourth-order valence-electron chi connectivity index (χ4n) is 11.7.